The van der Waals surface area contributed by atoms with Gasteiger partial charge in [0, 0.05) is 37.1 Å². The van der Waals surface area contributed by atoms with Crippen LogP contribution in [0.25, 0.3) is 16.7 Å². The molecule has 0 atom stereocenters. The van der Waals surface area contributed by atoms with Gasteiger partial charge in [0.25, 0.3) is 0 Å². The minimum Gasteiger partial charge on any atom is -0.381 e. The van der Waals surface area contributed by atoms with Crippen molar-refractivity contribution >= 4 is 22.4 Å². The number of hydrogen-bond donors (Lipinski definition) is 2. The van der Waals surface area contributed by atoms with Gasteiger partial charge in [0.2, 0.25) is 0 Å². The van der Waals surface area contributed by atoms with Gasteiger partial charge in [-0.3, -0.25) is 10.3 Å². The summed E-state index contributed by atoms with van der Waals surface area (Å²) >= 11 is 0. The molecule has 2 N–H and O–H groups in total. The number of aromatic nitrogens is 3. The lowest BCUT2D eigenvalue weighted by atomic mass is 9.84. The lowest BCUT2D eigenvalue weighted by Gasteiger charge is -2.29. The molecule has 2 aliphatic heterocycles. The summed E-state index contributed by atoms with van der Waals surface area (Å²) in [7, 11) is 0. The number of hydrogen-bond acceptors (Lipinski definition) is 6. The Morgan fingerprint density at radius 1 is 1.17 bits per heavy atom. The van der Waals surface area contributed by atoms with E-state index in [0.29, 0.717) is 6.04 Å². The minimum atomic E-state index is -0.166. The Balaban J connectivity index is 1.57. The van der Waals surface area contributed by atoms with Gasteiger partial charge in [-0.05, 0) is 45.6 Å². The summed E-state index contributed by atoms with van der Waals surface area (Å²) in [6, 6.07) is 0.654. The molecule has 29 heavy (non-hydrogen) atoms. The topological polar surface area (TPSA) is 73.2 Å². The number of rotatable bonds is 4. The van der Waals surface area contributed by atoms with Crippen LogP contribution in [0.3, 0.4) is 0 Å². The lowest BCUT2D eigenvalue weighted by Crippen LogP contribution is -2.31. The van der Waals surface area contributed by atoms with Crippen LogP contribution in [0.2, 0.25) is 0 Å². The molecule has 0 bridgehead atoms. The Hall–Kier alpha value is -2.12. The zero-order valence-electron chi connectivity index (χ0n) is 17.4. The summed E-state index contributed by atoms with van der Waals surface area (Å²) in [5, 5.41) is 9.49. The maximum atomic E-state index is 6.11. The van der Waals surface area contributed by atoms with E-state index in [1.54, 1.807) is 0 Å². The molecule has 1 saturated carbocycles. The molecule has 4 heterocycles. The molecule has 1 saturated heterocycles. The van der Waals surface area contributed by atoms with Crippen LogP contribution in [-0.2, 0) is 9.57 Å². The van der Waals surface area contributed by atoms with Crippen LogP contribution < -0.4 is 10.8 Å². The summed E-state index contributed by atoms with van der Waals surface area (Å²) < 4.78 is 7.54. The van der Waals surface area contributed by atoms with E-state index in [1.807, 2.05) is 17.1 Å². The predicted molar refractivity (Wildman–Crippen MR) is 113 cm³/mol. The second kappa shape index (κ2) is 7.61. The van der Waals surface area contributed by atoms with Crippen molar-refractivity contribution in [1.82, 2.24) is 20.2 Å². The first kappa shape index (κ1) is 18.9. The highest BCUT2D eigenvalue weighted by Crippen LogP contribution is 2.40. The molecule has 1 aliphatic carbocycles. The molecular formula is C22H31N5O2. The van der Waals surface area contributed by atoms with E-state index in [0.717, 1.165) is 66.9 Å². The van der Waals surface area contributed by atoms with E-state index >= 15 is 0 Å². The number of ether oxygens (including phenoxy) is 1. The van der Waals surface area contributed by atoms with Gasteiger partial charge in [0.15, 0.2) is 5.65 Å². The number of fused-ring (bicyclic) bond motifs is 1. The zero-order valence-corrected chi connectivity index (χ0v) is 17.4. The molecular weight excluding hydrogens is 366 g/mol. The molecule has 2 aromatic heterocycles. The Labute approximate surface area is 171 Å². The van der Waals surface area contributed by atoms with Gasteiger partial charge in [-0.25, -0.2) is 9.67 Å². The molecule has 0 unspecified atom stereocenters. The summed E-state index contributed by atoms with van der Waals surface area (Å²) in [4.78, 5) is 10.9. The van der Waals surface area contributed by atoms with Crippen molar-refractivity contribution in [1.29, 1.82) is 0 Å². The van der Waals surface area contributed by atoms with E-state index in [-0.39, 0.29) is 11.6 Å². The van der Waals surface area contributed by atoms with Gasteiger partial charge in [-0.1, -0.05) is 19.3 Å². The molecule has 1 spiro atoms. The summed E-state index contributed by atoms with van der Waals surface area (Å²) in [6.07, 6.45) is 14.1. The molecule has 156 valence electrons. The van der Waals surface area contributed by atoms with Crippen molar-refractivity contribution < 1.29 is 9.57 Å². The maximum Gasteiger partial charge on any atom is 0.160 e. The van der Waals surface area contributed by atoms with Crippen LogP contribution in [0.15, 0.2) is 18.5 Å². The predicted octanol–water partition coefficient (Wildman–Crippen LogP) is 4.18. The van der Waals surface area contributed by atoms with Crippen molar-refractivity contribution in [3.63, 3.8) is 0 Å². The SMILES string of the molecule is CC(C)n1ncc2c(NC3CCOCC3)c(C3=CC4(CCCCC4)ON3)cnc21. The molecule has 0 amide bonds. The van der Waals surface area contributed by atoms with Gasteiger partial charge < -0.3 is 10.1 Å². The summed E-state index contributed by atoms with van der Waals surface area (Å²) in [5.74, 6) is 0. The number of pyridine rings is 1. The largest absolute Gasteiger partial charge is 0.381 e. The van der Waals surface area contributed by atoms with E-state index in [9.17, 15) is 0 Å². The molecule has 2 fully saturated rings. The second-order valence-corrected chi connectivity index (χ2v) is 8.89. The number of anilines is 1. The van der Waals surface area contributed by atoms with Crippen molar-refractivity contribution in [3.8, 4) is 0 Å². The lowest BCUT2D eigenvalue weighted by molar-refractivity contribution is -0.0557. The quantitative estimate of drug-likeness (QED) is 0.806. The fraction of sp³-hybridized carbons (Fsp3) is 0.636. The molecule has 0 aromatic carbocycles. The smallest absolute Gasteiger partial charge is 0.160 e. The van der Waals surface area contributed by atoms with Gasteiger partial charge in [-0.15, -0.1) is 0 Å². The third kappa shape index (κ3) is 3.51. The second-order valence-electron chi connectivity index (χ2n) is 8.89. The zero-order chi connectivity index (χ0) is 19.8. The molecule has 7 nitrogen and oxygen atoms in total. The highest BCUT2D eigenvalue weighted by molar-refractivity contribution is 5.95. The molecule has 2 aromatic rings. The van der Waals surface area contributed by atoms with Crippen LogP contribution >= 0.6 is 0 Å². The van der Waals surface area contributed by atoms with E-state index in [4.69, 9.17) is 14.6 Å². The summed E-state index contributed by atoms with van der Waals surface area (Å²) in [5.41, 5.74) is 7.18. The third-order valence-electron chi connectivity index (χ3n) is 6.44. The van der Waals surface area contributed by atoms with Crippen LogP contribution in [-0.4, -0.2) is 39.6 Å². The Bertz CT molecular complexity index is 907. The molecule has 5 rings (SSSR count). The van der Waals surface area contributed by atoms with Gasteiger partial charge in [0.1, 0.15) is 5.60 Å². The standard InChI is InChI=1S/C22H31N5O2/c1-15(2)27-21-18(14-24-27)20(25-16-6-10-28-11-7-16)17(13-23-21)19-12-22(29-26-19)8-4-3-5-9-22/h12-16,26H,3-11H2,1-2H3,(H,23,25). The number of nitrogens with one attached hydrogen (secondary N) is 2. The average Bonchev–Trinajstić information content (AvgIpc) is 3.35. The number of hydroxylamine groups is 1. The average molecular weight is 398 g/mol. The maximum absolute atomic E-state index is 6.11. The van der Waals surface area contributed by atoms with Crippen LogP contribution in [0.5, 0.6) is 0 Å². The Morgan fingerprint density at radius 3 is 2.72 bits per heavy atom. The number of nitrogens with zero attached hydrogens (tertiary/aromatic N) is 3. The fourth-order valence-corrected chi connectivity index (χ4v) is 4.79. The minimum absolute atomic E-state index is 0.166. The third-order valence-corrected chi connectivity index (χ3v) is 6.44. The van der Waals surface area contributed by atoms with Crippen LogP contribution in [0.4, 0.5) is 5.69 Å². The highest BCUT2D eigenvalue weighted by Gasteiger charge is 2.37. The Morgan fingerprint density at radius 2 is 1.97 bits per heavy atom. The monoisotopic (exact) mass is 397 g/mol. The van der Waals surface area contributed by atoms with Crippen molar-refractivity contribution in [2.75, 3.05) is 18.5 Å². The van der Waals surface area contributed by atoms with Crippen molar-refractivity contribution in [3.05, 3.63) is 24.0 Å². The van der Waals surface area contributed by atoms with Crippen molar-refractivity contribution in [2.45, 2.75) is 76.5 Å². The highest BCUT2D eigenvalue weighted by atomic mass is 16.7. The van der Waals surface area contributed by atoms with E-state index < -0.39 is 0 Å². The van der Waals surface area contributed by atoms with Gasteiger partial charge >= 0.3 is 0 Å². The van der Waals surface area contributed by atoms with Gasteiger partial charge in [0.05, 0.1) is 23.0 Å². The van der Waals surface area contributed by atoms with E-state index in [1.165, 1.54) is 19.3 Å². The van der Waals surface area contributed by atoms with Crippen LogP contribution in [0, 0.1) is 0 Å². The molecule has 0 radical (unpaired) electrons. The first-order valence-electron chi connectivity index (χ1n) is 11.0. The first-order chi connectivity index (χ1) is 14.2. The first-order valence-corrected chi connectivity index (χ1v) is 11.0. The van der Waals surface area contributed by atoms with Crippen LogP contribution in [0.1, 0.15) is 70.4 Å². The van der Waals surface area contributed by atoms with Gasteiger partial charge in [-0.2, -0.15) is 5.10 Å². The normalized spacial score (nSPS) is 22.2. The fourth-order valence-electron chi connectivity index (χ4n) is 4.79. The molecule has 3 aliphatic rings. The Kier molecular flexibility index (Phi) is 4.95. The van der Waals surface area contributed by atoms with E-state index in [2.05, 4.69) is 35.8 Å². The molecule has 7 heteroatoms. The van der Waals surface area contributed by atoms with Crippen molar-refractivity contribution in [2.24, 2.45) is 0 Å². The summed E-state index contributed by atoms with van der Waals surface area (Å²) in [6.45, 7) is 5.88.